The van der Waals surface area contributed by atoms with Crippen LogP contribution in [-0.4, -0.2) is 30.0 Å². The number of oxime groups is 1. The molecule has 0 saturated heterocycles. The van der Waals surface area contributed by atoms with Gasteiger partial charge in [-0.1, -0.05) is 23.4 Å². The molecule has 0 unspecified atom stereocenters. The molecular formula is C13H20N4O2. The molecule has 5 N–H and O–H groups in total. The Morgan fingerprint density at radius 1 is 1.47 bits per heavy atom. The Kier molecular flexibility index (Phi) is 6.38. The second-order valence-corrected chi connectivity index (χ2v) is 4.07. The van der Waals surface area contributed by atoms with Crippen LogP contribution in [0.2, 0.25) is 0 Å². The molecule has 6 heteroatoms. The van der Waals surface area contributed by atoms with Crippen molar-refractivity contribution in [1.82, 2.24) is 10.6 Å². The Balaban J connectivity index is 2.39. The molecule has 1 aromatic carbocycles. The van der Waals surface area contributed by atoms with Gasteiger partial charge in [-0.25, -0.2) is 0 Å². The highest BCUT2D eigenvalue weighted by Crippen LogP contribution is 2.04. The summed E-state index contributed by atoms with van der Waals surface area (Å²) in [6, 6.07) is 7.39. The lowest BCUT2D eigenvalue weighted by atomic mass is 10.1. The molecular weight excluding hydrogens is 244 g/mol. The topological polar surface area (TPSA) is 99.7 Å². The van der Waals surface area contributed by atoms with Crippen LogP contribution in [0.1, 0.15) is 24.5 Å². The van der Waals surface area contributed by atoms with Gasteiger partial charge in [0.15, 0.2) is 5.84 Å². The predicted molar refractivity (Wildman–Crippen MR) is 74.0 cm³/mol. The van der Waals surface area contributed by atoms with Gasteiger partial charge in [0.05, 0.1) is 0 Å². The molecule has 6 nitrogen and oxygen atoms in total. The third kappa shape index (κ3) is 5.39. The molecule has 0 aromatic heterocycles. The highest BCUT2D eigenvalue weighted by molar-refractivity contribution is 5.97. The number of amides is 1. The standard InChI is InChI=1S/C13H20N4O2/c1-2-16-12(18)6-7-15-9-10-4-3-5-11(8-10)13(14)17-19/h3-5,8,15,19H,2,6-7,9H2,1H3,(H2,14,17)(H,16,18). The molecule has 0 saturated carbocycles. The number of carbonyl (C=O) groups excluding carboxylic acids is 1. The van der Waals surface area contributed by atoms with E-state index in [9.17, 15) is 4.79 Å². The number of nitrogens with one attached hydrogen (secondary N) is 2. The third-order valence-electron chi connectivity index (χ3n) is 2.56. The third-order valence-corrected chi connectivity index (χ3v) is 2.56. The second kappa shape index (κ2) is 8.10. The lowest BCUT2D eigenvalue weighted by Crippen LogP contribution is -2.27. The van der Waals surface area contributed by atoms with E-state index >= 15 is 0 Å². The van der Waals surface area contributed by atoms with Crippen molar-refractivity contribution < 1.29 is 10.0 Å². The maximum absolute atomic E-state index is 11.2. The van der Waals surface area contributed by atoms with Crippen LogP contribution in [0.25, 0.3) is 0 Å². The zero-order valence-corrected chi connectivity index (χ0v) is 11.0. The van der Waals surface area contributed by atoms with Gasteiger partial charge in [0, 0.05) is 31.6 Å². The van der Waals surface area contributed by atoms with E-state index in [1.807, 2.05) is 25.1 Å². The van der Waals surface area contributed by atoms with Gasteiger partial charge in [-0.15, -0.1) is 0 Å². The van der Waals surface area contributed by atoms with Crippen molar-refractivity contribution in [2.75, 3.05) is 13.1 Å². The minimum atomic E-state index is 0.0420. The van der Waals surface area contributed by atoms with Gasteiger partial charge in [-0.3, -0.25) is 4.79 Å². The monoisotopic (exact) mass is 264 g/mol. The van der Waals surface area contributed by atoms with Crippen LogP contribution in [0.4, 0.5) is 0 Å². The summed E-state index contributed by atoms with van der Waals surface area (Å²) in [5.74, 6) is 0.129. The molecule has 1 rings (SSSR count). The minimum Gasteiger partial charge on any atom is -0.409 e. The lowest BCUT2D eigenvalue weighted by Gasteiger charge is -2.06. The van der Waals surface area contributed by atoms with Gasteiger partial charge in [-0.2, -0.15) is 0 Å². The molecule has 1 amide bonds. The highest BCUT2D eigenvalue weighted by atomic mass is 16.4. The fourth-order valence-electron chi connectivity index (χ4n) is 1.62. The summed E-state index contributed by atoms with van der Waals surface area (Å²) in [6.45, 7) is 3.79. The molecule has 0 spiro atoms. The largest absolute Gasteiger partial charge is 0.409 e. The van der Waals surface area contributed by atoms with E-state index in [1.165, 1.54) is 0 Å². The summed E-state index contributed by atoms with van der Waals surface area (Å²) in [5, 5.41) is 17.5. The first-order valence-corrected chi connectivity index (χ1v) is 6.21. The number of carbonyl (C=O) groups is 1. The Labute approximate surface area is 112 Å². The van der Waals surface area contributed by atoms with Gasteiger partial charge in [0.2, 0.25) is 5.91 Å². The van der Waals surface area contributed by atoms with E-state index in [2.05, 4.69) is 15.8 Å². The fourth-order valence-corrected chi connectivity index (χ4v) is 1.62. The van der Waals surface area contributed by atoms with E-state index in [1.54, 1.807) is 6.07 Å². The molecule has 0 bridgehead atoms. The molecule has 1 aromatic rings. The summed E-state index contributed by atoms with van der Waals surface area (Å²) < 4.78 is 0. The van der Waals surface area contributed by atoms with Crippen molar-refractivity contribution in [3.63, 3.8) is 0 Å². The zero-order chi connectivity index (χ0) is 14.1. The van der Waals surface area contributed by atoms with Crippen LogP contribution >= 0.6 is 0 Å². The van der Waals surface area contributed by atoms with Crippen LogP contribution in [0, 0.1) is 0 Å². The lowest BCUT2D eigenvalue weighted by molar-refractivity contribution is -0.120. The van der Waals surface area contributed by atoms with Crippen molar-refractivity contribution in [1.29, 1.82) is 0 Å². The van der Waals surface area contributed by atoms with Gasteiger partial charge in [0.1, 0.15) is 0 Å². The van der Waals surface area contributed by atoms with Gasteiger partial charge in [0.25, 0.3) is 0 Å². The van der Waals surface area contributed by atoms with E-state index in [4.69, 9.17) is 10.9 Å². The molecule has 0 aliphatic carbocycles. The van der Waals surface area contributed by atoms with Gasteiger partial charge in [-0.05, 0) is 18.6 Å². The van der Waals surface area contributed by atoms with Crippen molar-refractivity contribution >= 4 is 11.7 Å². The number of nitrogens with zero attached hydrogens (tertiary/aromatic N) is 1. The number of hydrogen-bond donors (Lipinski definition) is 4. The van der Waals surface area contributed by atoms with Gasteiger partial charge >= 0.3 is 0 Å². The van der Waals surface area contributed by atoms with Crippen LogP contribution in [-0.2, 0) is 11.3 Å². The highest BCUT2D eigenvalue weighted by Gasteiger charge is 2.01. The van der Waals surface area contributed by atoms with Crippen molar-refractivity contribution in [3.8, 4) is 0 Å². The number of hydrogen-bond acceptors (Lipinski definition) is 4. The Morgan fingerprint density at radius 2 is 2.26 bits per heavy atom. The van der Waals surface area contributed by atoms with Gasteiger partial charge < -0.3 is 21.6 Å². The van der Waals surface area contributed by atoms with E-state index in [0.717, 1.165) is 5.56 Å². The first-order chi connectivity index (χ1) is 9.17. The normalized spacial score (nSPS) is 11.3. The first kappa shape index (κ1) is 15.0. The summed E-state index contributed by atoms with van der Waals surface area (Å²) in [7, 11) is 0. The molecule has 104 valence electrons. The molecule has 0 atom stereocenters. The summed E-state index contributed by atoms with van der Waals surface area (Å²) >= 11 is 0. The predicted octanol–water partition coefficient (Wildman–Crippen LogP) is 0.397. The number of nitrogens with two attached hydrogens (primary N) is 1. The summed E-state index contributed by atoms with van der Waals surface area (Å²) in [5.41, 5.74) is 7.20. The quantitative estimate of drug-likeness (QED) is 0.188. The molecule has 0 aliphatic heterocycles. The SMILES string of the molecule is CCNC(=O)CCNCc1cccc(/C(N)=N/O)c1. The molecule has 0 heterocycles. The van der Waals surface area contributed by atoms with Crippen LogP contribution in [0.15, 0.2) is 29.4 Å². The minimum absolute atomic E-state index is 0.0420. The van der Waals surface area contributed by atoms with Crippen molar-refractivity contribution in [3.05, 3.63) is 35.4 Å². The number of benzene rings is 1. The molecule has 0 fully saturated rings. The van der Waals surface area contributed by atoms with E-state index < -0.39 is 0 Å². The molecule has 19 heavy (non-hydrogen) atoms. The second-order valence-electron chi connectivity index (χ2n) is 4.07. The maximum Gasteiger partial charge on any atom is 0.221 e. The zero-order valence-electron chi connectivity index (χ0n) is 11.0. The summed E-state index contributed by atoms with van der Waals surface area (Å²) in [4.78, 5) is 11.2. The van der Waals surface area contributed by atoms with Crippen molar-refractivity contribution in [2.45, 2.75) is 19.9 Å². The maximum atomic E-state index is 11.2. The van der Waals surface area contributed by atoms with Crippen LogP contribution < -0.4 is 16.4 Å². The fraction of sp³-hybridized carbons (Fsp3) is 0.385. The average Bonchev–Trinajstić information content (AvgIpc) is 2.43. The smallest absolute Gasteiger partial charge is 0.221 e. The van der Waals surface area contributed by atoms with Crippen molar-refractivity contribution in [2.24, 2.45) is 10.9 Å². The Morgan fingerprint density at radius 3 is 2.95 bits per heavy atom. The van der Waals surface area contributed by atoms with Crippen LogP contribution in [0.5, 0.6) is 0 Å². The number of rotatable bonds is 7. The first-order valence-electron chi connectivity index (χ1n) is 6.21. The van der Waals surface area contributed by atoms with Crippen LogP contribution in [0.3, 0.4) is 0 Å². The molecule has 0 radical (unpaired) electrons. The Hall–Kier alpha value is -2.08. The summed E-state index contributed by atoms with van der Waals surface area (Å²) in [6.07, 6.45) is 0.452. The Bertz CT molecular complexity index is 446. The average molecular weight is 264 g/mol. The van der Waals surface area contributed by atoms with E-state index in [-0.39, 0.29) is 11.7 Å². The van der Waals surface area contributed by atoms with E-state index in [0.29, 0.717) is 31.6 Å². The number of amidine groups is 1. The molecule has 0 aliphatic rings.